The summed E-state index contributed by atoms with van der Waals surface area (Å²) in [5, 5.41) is 2.18. The van der Waals surface area contributed by atoms with Gasteiger partial charge in [0.05, 0.1) is 18.2 Å². The molecule has 1 unspecified atom stereocenters. The summed E-state index contributed by atoms with van der Waals surface area (Å²) in [6.07, 6.45) is 6.79. The van der Waals surface area contributed by atoms with Crippen LogP contribution in [0.3, 0.4) is 0 Å². The minimum absolute atomic E-state index is 0.0327. The zero-order chi connectivity index (χ0) is 19.1. The molecule has 4 rings (SSSR count). The van der Waals surface area contributed by atoms with Crippen molar-refractivity contribution in [2.75, 3.05) is 13.7 Å². The summed E-state index contributed by atoms with van der Waals surface area (Å²) in [6, 6.07) is 6.05. The molecule has 0 radical (unpaired) electrons. The third-order valence-electron chi connectivity index (χ3n) is 5.43. The Balaban J connectivity index is 1.76. The van der Waals surface area contributed by atoms with E-state index in [4.69, 9.17) is 14.7 Å². The molecule has 0 spiro atoms. The molecule has 0 saturated carbocycles. The van der Waals surface area contributed by atoms with Gasteiger partial charge in [0.1, 0.15) is 11.8 Å². The Morgan fingerprint density at radius 3 is 2.81 bits per heavy atom. The summed E-state index contributed by atoms with van der Waals surface area (Å²) >= 11 is 0. The highest BCUT2D eigenvalue weighted by molar-refractivity contribution is 6.10. The van der Waals surface area contributed by atoms with Crippen LogP contribution in [0.2, 0.25) is 0 Å². The molecule has 1 aliphatic carbocycles. The van der Waals surface area contributed by atoms with Gasteiger partial charge in [0.15, 0.2) is 5.78 Å². The highest BCUT2D eigenvalue weighted by Crippen LogP contribution is 2.27. The lowest BCUT2D eigenvalue weighted by Gasteiger charge is -2.21. The number of aliphatic imine (C=N–C) groups is 1. The third-order valence-corrected chi connectivity index (χ3v) is 5.43. The molecule has 2 aliphatic heterocycles. The van der Waals surface area contributed by atoms with Crippen molar-refractivity contribution in [3.8, 4) is 5.75 Å². The molecule has 4 heteroatoms. The molecule has 2 heterocycles. The lowest BCUT2D eigenvalue weighted by molar-refractivity contribution is -0.111. The van der Waals surface area contributed by atoms with Gasteiger partial charge in [-0.2, -0.15) is 0 Å². The van der Waals surface area contributed by atoms with Gasteiger partial charge >= 0.3 is 0 Å². The van der Waals surface area contributed by atoms with Crippen LogP contribution in [0.15, 0.2) is 63.1 Å². The van der Waals surface area contributed by atoms with E-state index in [-0.39, 0.29) is 17.7 Å². The van der Waals surface area contributed by atoms with Crippen molar-refractivity contribution >= 4 is 17.1 Å². The van der Waals surface area contributed by atoms with E-state index in [0.717, 1.165) is 46.5 Å². The molecule has 0 fully saturated rings. The molecule has 0 bridgehead atoms. The Hall–Kier alpha value is -2.75. The second-order valence-corrected chi connectivity index (χ2v) is 7.54. The highest BCUT2D eigenvalue weighted by atomic mass is 16.5. The van der Waals surface area contributed by atoms with Crippen molar-refractivity contribution < 1.29 is 9.53 Å². The summed E-state index contributed by atoms with van der Waals surface area (Å²) in [5.74, 6) is 1.14. The topological polar surface area (TPSA) is 51.0 Å². The maximum Gasteiger partial charge on any atom is 0.182 e. The molecule has 1 aromatic rings. The Morgan fingerprint density at radius 2 is 2.07 bits per heavy atom. The van der Waals surface area contributed by atoms with Gasteiger partial charge in [0.2, 0.25) is 0 Å². The Bertz CT molecular complexity index is 1070. The van der Waals surface area contributed by atoms with Gasteiger partial charge in [-0.15, -0.1) is 0 Å². The van der Waals surface area contributed by atoms with Gasteiger partial charge in [-0.1, -0.05) is 13.8 Å². The first-order valence-electron chi connectivity index (χ1n) is 9.43. The number of ether oxygens (including phenoxy) is 1. The fraction of sp³-hybridized carbons (Fsp3) is 0.348. The second-order valence-electron chi connectivity index (χ2n) is 7.54. The number of benzene rings is 1. The number of hydrogen-bond donors (Lipinski definition) is 0. The van der Waals surface area contributed by atoms with Crippen LogP contribution in [-0.4, -0.2) is 31.2 Å². The average molecular weight is 360 g/mol. The van der Waals surface area contributed by atoms with Crippen molar-refractivity contribution in [1.82, 2.24) is 0 Å². The first-order chi connectivity index (χ1) is 13.0. The smallest absolute Gasteiger partial charge is 0.182 e. The van der Waals surface area contributed by atoms with Crippen LogP contribution >= 0.6 is 0 Å². The van der Waals surface area contributed by atoms with Gasteiger partial charge in [-0.25, -0.2) is 0 Å². The SMILES string of the molecule is COc1ccc2c(c1)=NC1C(/C=C3/C=C(C(C)C)C(=O)C=C3C)=NCCC=21. The fourth-order valence-corrected chi connectivity index (χ4v) is 3.90. The predicted molar refractivity (Wildman–Crippen MR) is 108 cm³/mol. The number of ketones is 1. The summed E-state index contributed by atoms with van der Waals surface area (Å²) in [4.78, 5) is 21.9. The number of nitrogens with zero attached hydrogens (tertiary/aromatic N) is 2. The lowest BCUT2D eigenvalue weighted by Crippen LogP contribution is -2.26. The van der Waals surface area contributed by atoms with Crippen LogP contribution < -0.4 is 15.3 Å². The van der Waals surface area contributed by atoms with Gasteiger partial charge in [0, 0.05) is 23.4 Å². The zero-order valence-electron chi connectivity index (χ0n) is 16.2. The quantitative estimate of drug-likeness (QED) is 0.832. The molecule has 1 atom stereocenters. The number of fused-ring (bicyclic) bond motifs is 2. The molecule has 4 nitrogen and oxygen atoms in total. The Kier molecular flexibility index (Phi) is 4.42. The lowest BCUT2D eigenvalue weighted by atomic mass is 9.87. The van der Waals surface area contributed by atoms with Crippen molar-refractivity contribution in [1.29, 1.82) is 0 Å². The van der Waals surface area contributed by atoms with E-state index in [2.05, 4.69) is 26.0 Å². The molecule has 0 saturated heterocycles. The molecular weight excluding hydrogens is 336 g/mol. The normalized spacial score (nSPS) is 22.8. The van der Waals surface area contributed by atoms with Crippen LogP contribution in [0.5, 0.6) is 5.75 Å². The van der Waals surface area contributed by atoms with Crippen LogP contribution in [-0.2, 0) is 4.79 Å². The van der Waals surface area contributed by atoms with Crippen molar-refractivity contribution in [2.24, 2.45) is 15.9 Å². The van der Waals surface area contributed by atoms with Crippen molar-refractivity contribution in [3.63, 3.8) is 0 Å². The Morgan fingerprint density at radius 1 is 1.26 bits per heavy atom. The number of carbonyl (C=O) groups is 1. The van der Waals surface area contributed by atoms with Crippen LogP contribution in [0.25, 0.3) is 5.57 Å². The number of allylic oxidation sites excluding steroid dienone is 5. The summed E-state index contributed by atoms with van der Waals surface area (Å²) < 4.78 is 5.34. The molecule has 0 N–H and O–H groups in total. The molecule has 138 valence electrons. The summed E-state index contributed by atoms with van der Waals surface area (Å²) in [6.45, 7) is 6.86. The summed E-state index contributed by atoms with van der Waals surface area (Å²) in [5.41, 5.74) is 5.20. The second kappa shape index (κ2) is 6.76. The van der Waals surface area contributed by atoms with E-state index in [1.807, 2.05) is 25.1 Å². The van der Waals surface area contributed by atoms with Crippen molar-refractivity contribution in [3.05, 3.63) is 63.7 Å². The van der Waals surface area contributed by atoms with Crippen molar-refractivity contribution in [2.45, 2.75) is 33.2 Å². The van der Waals surface area contributed by atoms with Crippen LogP contribution in [0.1, 0.15) is 27.2 Å². The van der Waals surface area contributed by atoms with E-state index in [1.54, 1.807) is 13.2 Å². The van der Waals surface area contributed by atoms with E-state index in [1.165, 1.54) is 10.8 Å². The van der Waals surface area contributed by atoms with Gasteiger partial charge < -0.3 is 4.74 Å². The number of hydrogen-bond acceptors (Lipinski definition) is 4. The van der Waals surface area contributed by atoms with E-state index in [0.29, 0.717) is 0 Å². The molecular formula is C23H24N2O2. The third kappa shape index (κ3) is 3.09. The summed E-state index contributed by atoms with van der Waals surface area (Å²) in [7, 11) is 1.67. The number of methoxy groups -OCH3 is 1. The molecule has 0 amide bonds. The minimum atomic E-state index is -0.0327. The van der Waals surface area contributed by atoms with Crippen LogP contribution in [0.4, 0.5) is 0 Å². The predicted octanol–water partition coefficient (Wildman–Crippen LogP) is 2.73. The highest BCUT2D eigenvalue weighted by Gasteiger charge is 2.27. The molecule has 3 aliphatic rings. The maximum absolute atomic E-state index is 12.2. The van der Waals surface area contributed by atoms with Gasteiger partial charge in [-0.3, -0.25) is 14.8 Å². The van der Waals surface area contributed by atoms with Gasteiger partial charge in [-0.05, 0) is 66.3 Å². The molecule has 1 aromatic carbocycles. The monoisotopic (exact) mass is 360 g/mol. The minimum Gasteiger partial charge on any atom is -0.497 e. The first kappa shape index (κ1) is 17.7. The first-order valence-corrected chi connectivity index (χ1v) is 9.43. The maximum atomic E-state index is 12.2. The largest absolute Gasteiger partial charge is 0.497 e. The molecule has 27 heavy (non-hydrogen) atoms. The number of rotatable bonds is 3. The van der Waals surface area contributed by atoms with E-state index in [9.17, 15) is 4.79 Å². The number of carbonyl (C=O) groups excluding carboxylic acids is 1. The van der Waals surface area contributed by atoms with Crippen LogP contribution in [0, 0.1) is 5.92 Å². The van der Waals surface area contributed by atoms with Gasteiger partial charge in [0.25, 0.3) is 0 Å². The Labute approximate surface area is 159 Å². The average Bonchev–Trinajstić information content (AvgIpc) is 3.02. The fourth-order valence-electron chi connectivity index (χ4n) is 3.90. The zero-order valence-corrected chi connectivity index (χ0v) is 16.2. The standard InChI is InChI=1S/C23H24N2O2/c1-13(2)19-10-15(14(3)9-22(19)26)11-21-23-18(7-8-24-21)17-6-5-16(27-4)12-20(17)25-23/h5-6,9-13,23H,7-8H2,1-4H3/b15-11-. The van der Waals surface area contributed by atoms with E-state index < -0.39 is 0 Å². The van der Waals surface area contributed by atoms with E-state index >= 15 is 0 Å². The molecule has 0 aromatic heterocycles.